The molecule has 0 radical (unpaired) electrons. The van der Waals surface area contributed by atoms with Gasteiger partial charge in [0.15, 0.2) is 0 Å². The van der Waals surface area contributed by atoms with Crippen molar-refractivity contribution in [2.24, 2.45) is 0 Å². The molecule has 0 fully saturated rings. The molecule has 0 saturated carbocycles. The zero-order chi connectivity index (χ0) is 9.54. The molecule has 1 amide bonds. The lowest BCUT2D eigenvalue weighted by molar-refractivity contribution is -0.116. The Labute approximate surface area is 81.3 Å². The van der Waals surface area contributed by atoms with Gasteiger partial charge in [0.25, 0.3) is 0 Å². The molecule has 0 bridgehead atoms. The van der Waals surface area contributed by atoms with Crippen LogP contribution in [0.25, 0.3) is 10.9 Å². The first-order valence-corrected chi connectivity index (χ1v) is 4.73. The summed E-state index contributed by atoms with van der Waals surface area (Å²) in [5, 5.41) is 4.06. The number of para-hydroxylation sites is 1. The van der Waals surface area contributed by atoms with Gasteiger partial charge >= 0.3 is 0 Å². The zero-order valence-electron chi connectivity index (χ0n) is 7.66. The van der Waals surface area contributed by atoms with Crippen molar-refractivity contribution in [1.29, 1.82) is 0 Å². The number of benzene rings is 1. The maximum Gasteiger partial charge on any atom is 0.227 e. The first-order chi connectivity index (χ1) is 6.84. The summed E-state index contributed by atoms with van der Waals surface area (Å²) in [5.74, 6) is 1.03. The van der Waals surface area contributed by atoms with Gasteiger partial charge in [0, 0.05) is 23.9 Å². The van der Waals surface area contributed by atoms with Crippen LogP contribution < -0.4 is 5.32 Å². The third-order valence-electron chi connectivity index (χ3n) is 2.64. The van der Waals surface area contributed by atoms with E-state index in [1.807, 2.05) is 18.2 Å². The van der Waals surface area contributed by atoms with E-state index in [0.717, 1.165) is 12.4 Å². The first-order valence-electron chi connectivity index (χ1n) is 4.73. The highest BCUT2D eigenvalue weighted by atomic mass is 16.1. The number of carbonyl (C=O) groups excluding carboxylic acids is 1. The standard InChI is InChI=1S/C11H10N2O/c14-11-5-6-13-9-4-2-1-3-8(9)7-10(13)12-11/h1-4,7H,5-6H2,(H,12,14). The van der Waals surface area contributed by atoms with E-state index < -0.39 is 0 Å². The number of nitrogens with zero attached hydrogens (tertiary/aromatic N) is 1. The van der Waals surface area contributed by atoms with E-state index in [-0.39, 0.29) is 5.91 Å². The van der Waals surface area contributed by atoms with Crippen LogP contribution in [-0.4, -0.2) is 10.5 Å². The Kier molecular flexibility index (Phi) is 1.42. The highest BCUT2D eigenvalue weighted by molar-refractivity contribution is 5.96. The van der Waals surface area contributed by atoms with Gasteiger partial charge in [0.1, 0.15) is 5.82 Å². The van der Waals surface area contributed by atoms with Crippen molar-refractivity contribution in [1.82, 2.24) is 4.57 Å². The Bertz CT molecular complexity index is 513. The molecule has 3 nitrogen and oxygen atoms in total. The van der Waals surface area contributed by atoms with Crippen molar-refractivity contribution >= 4 is 22.6 Å². The minimum Gasteiger partial charge on any atom is -0.327 e. The summed E-state index contributed by atoms with van der Waals surface area (Å²) in [7, 11) is 0. The molecule has 0 aliphatic carbocycles. The number of nitrogens with one attached hydrogen (secondary N) is 1. The van der Waals surface area contributed by atoms with E-state index >= 15 is 0 Å². The molecule has 0 atom stereocenters. The van der Waals surface area contributed by atoms with Gasteiger partial charge in [0.2, 0.25) is 5.91 Å². The Morgan fingerprint density at radius 1 is 1.29 bits per heavy atom. The number of hydrogen-bond donors (Lipinski definition) is 1. The van der Waals surface area contributed by atoms with E-state index in [1.165, 1.54) is 10.9 Å². The highest BCUT2D eigenvalue weighted by Crippen LogP contribution is 2.26. The summed E-state index contributed by atoms with van der Waals surface area (Å²) >= 11 is 0. The molecule has 1 aromatic heterocycles. The SMILES string of the molecule is O=C1CCn2c(cc3ccccc32)N1. The second kappa shape index (κ2) is 2.61. The van der Waals surface area contributed by atoms with E-state index in [9.17, 15) is 4.79 Å². The van der Waals surface area contributed by atoms with Gasteiger partial charge in [-0.3, -0.25) is 4.79 Å². The zero-order valence-corrected chi connectivity index (χ0v) is 7.66. The molecule has 2 aromatic rings. The fraction of sp³-hybridized carbons (Fsp3) is 0.182. The summed E-state index contributed by atoms with van der Waals surface area (Å²) in [6.07, 6.45) is 0.575. The van der Waals surface area contributed by atoms with Crippen LogP contribution in [0.2, 0.25) is 0 Å². The Hall–Kier alpha value is -1.77. The van der Waals surface area contributed by atoms with Crippen molar-refractivity contribution in [2.75, 3.05) is 5.32 Å². The fourth-order valence-corrected chi connectivity index (χ4v) is 1.97. The van der Waals surface area contributed by atoms with Crippen molar-refractivity contribution in [3.05, 3.63) is 30.3 Å². The summed E-state index contributed by atoms with van der Waals surface area (Å²) in [5.41, 5.74) is 1.20. The van der Waals surface area contributed by atoms with E-state index in [4.69, 9.17) is 0 Å². The number of aromatic nitrogens is 1. The van der Waals surface area contributed by atoms with Crippen LogP contribution in [0.4, 0.5) is 5.82 Å². The lowest BCUT2D eigenvalue weighted by atomic mass is 10.2. The molecule has 70 valence electrons. The van der Waals surface area contributed by atoms with E-state index in [0.29, 0.717) is 6.42 Å². The van der Waals surface area contributed by atoms with Gasteiger partial charge in [0.05, 0.1) is 0 Å². The number of rotatable bonds is 0. The quantitative estimate of drug-likeness (QED) is 0.670. The molecule has 3 heteroatoms. The maximum atomic E-state index is 11.2. The minimum atomic E-state index is 0.111. The maximum absolute atomic E-state index is 11.2. The number of carbonyl (C=O) groups is 1. The number of aryl methyl sites for hydroxylation is 1. The lowest BCUT2D eigenvalue weighted by Gasteiger charge is -2.16. The molecular formula is C11H10N2O. The molecule has 0 unspecified atom stereocenters. The van der Waals surface area contributed by atoms with Crippen molar-refractivity contribution < 1.29 is 4.79 Å². The van der Waals surface area contributed by atoms with Crippen LogP contribution in [0.15, 0.2) is 30.3 Å². The predicted molar refractivity (Wildman–Crippen MR) is 55.2 cm³/mol. The van der Waals surface area contributed by atoms with Crippen LogP contribution in [0, 0.1) is 0 Å². The average Bonchev–Trinajstić information content (AvgIpc) is 2.54. The van der Waals surface area contributed by atoms with Crippen molar-refractivity contribution in [3.8, 4) is 0 Å². The van der Waals surface area contributed by atoms with Crippen LogP contribution >= 0.6 is 0 Å². The Morgan fingerprint density at radius 2 is 2.14 bits per heavy atom. The summed E-state index contributed by atoms with van der Waals surface area (Å²) in [4.78, 5) is 11.2. The number of hydrogen-bond acceptors (Lipinski definition) is 1. The first kappa shape index (κ1) is 7.62. The summed E-state index contributed by atoms with van der Waals surface area (Å²) < 4.78 is 2.15. The molecule has 3 rings (SSSR count). The Morgan fingerprint density at radius 3 is 3.07 bits per heavy atom. The van der Waals surface area contributed by atoms with Crippen LogP contribution in [0.1, 0.15) is 6.42 Å². The van der Waals surface area contributed by atoms with Gasteiger partial charge in [-0.05, 0) is 12.1 Å². The predicted octanol–water partition coefficient (Wildman–Crippen LogP) is 1.98. The number of amides is 1. The molecule has 0 spiro atoms. The van der Waals surface area contributed by atoms with Gasteiger partial charge in [-0.15, -0.1) is 0 Å². The van der Waals surface area contributed by atoms with Crippen LogP contribution in [0.5, 0.6) is 0 Å². The third-order valence-corrected chi connectivity index (χ3v) is 2.64. The Balaban J connectivity index is 2.29. The molecule has 2 heterocycles. The van der Waals surface area contributed by atoms with Crippen molar-refractivity contribution in [2.45, 2.75) is 13.0 Å². The third kappa shape index (κ3) is 0.954. The summed E-state index contributed by atoms with van der Waals surface area (Å²) in [6, 6.07) is 10.2. The smallest absolute Gasteiger partial charge is 0.227 e. The molecule has 1 aliphatic rings. The van der Waals surface area contributed by atoms with Gasteiger partial charge < -0.3 is 9.88 Å². The number of anilines is 1. The summed E-state index contributed by atoms with van der Waals surface area (Å²) in [6.45, 7) is 0.786. The second-order valence-electron chi connectivity index (χ2n) is 3.54. The molecule has 1 aromatic carbocycles. The molecule has 1 aliphatic heterocycles. The monoisotopic (exact) mass is 186 g/mol. The van der Waals surface area contributed by atoms with Gasteiger partial charge in [-0.1, -0.05) is 18.2 Å². The molecule has 14 heavy (non-hydrogen) atoms. The average molecular weight is 186 g/mol. The fourth-order valence-electron chi connectivity index (χ4n) is 1.97. The lowest BCUT2D eigenvalue weighted by Crippen LogP contribution is -2.22. The normalized spacial score (nSPS) is 15.3. The van der Waals surface area contributed by atoms with E-state index in [2.05, 4.69) is 22.0 Å². The topological polar surface area (TPSA) is 34.0 Å². The van der Waals surface area contributed by atoms with Crippen LogP contribution in [0.3, 0.4) is 0 Å². The minimum absolute atomic E-state index is 0.111. The van der Waals surface area contributed by atoms with Crippen molar-refractivity contribution in [3.63, 3.8) is 0 Å². The molecule has 0 saturated heterocycles. The molecular weight excluding hydrogens is 176 g/mol. The van der Waals surface area contributed by atoms with Gasteiger partial charge in [-0.25, -0.2) is 0 Å². The van der Waals surface area contributed by atoms with Crippen LogP contribution in [-0.2, 0) is 11.3 Å². The number of fused-ring (bicyclic) bond motifs is 3. The molecule has 1 N–H and O–H groups in total. The highest BCUT2D eigenvalue weighted by Gasteiger charge is 2.16. The largest absolute Gasteiger partial charge is 0.327 e. The second-order valence-corrected chi connectivity index (χ2v) is 3.54. The van der Waals surface area contributed by atoms with Gasteiger partial charge in [-0.2, -0.15) is 0 Å². The van der Waals surface area contributed by atoms with E-state index in [1.54, 1.807) is 0 Å².